The molecule has 27 heavy (non-hydrogen) atoms. The predicted octanol–water partition coefficient (Wildman–Crippen LogP) is 7.46. The molecular weight excluding hydrogens is 411 g/mol. The van der Waals surface area contributed by atoms with E-state index >= 15 is 0 Å². The zero-order valence-electron chi connectivity index (χ0n) is 16.7. The van der Waals surface area contributed by atoms with Crippen molar-refractivity contribution in [3.8, 4) is 0 Å². The summed E-state index contributed by atoms with van der Waals surface area (Å²) in [5.41, 5.74) is 1.92. The lowest BCUT2D eigenvalue weighted by molar-refractivity contribution is 0.317. The largest absolute Gasteiger partial charge is 0.347 e. The van der Waals surface area contributed by atoms with Gasteiger partial charge in [0.15, 0.2) is 4.77 Å². The number of hydrogen-bond acceptors (Lipinski definition) is 5. The van der Waals surface area contributed by atoms with Crippen molar-refractivity contribution in [3.05, 3.63) is 26.2 Å². The van der Waals surface area contributed by atoms with E-state index in [1.165, 1.54) is 42.2 Å². The standard InChI is InChI=1S/C20H33N3S4/c1-4-5-8-17(22-18-15(3)21-20(25)23-19(18)24)27-13-10-16-7-6-11-26-12-9-14(16)2/h8,14,16,22H,4-7,9-13H2,1-3H3,(H2,21,23,24,25)/b17-8-. The highest BCUT2D eigenvalue weighted by Gasteiger charge is 2.19. The Kier molecular flexibility index (Phi) is 10.5. The molecule has 2 heterocycles. The van der Waals surface area contributed by atoms with Crippen molar-refractivity contribution in [1.82, 2.24) is 9.97 Å². The van der Waals surface area contributed by atoms with Crippen LogP contribution in [-0.4, -0.2) is 27.2 Å². The molecule has 1 aromatic heterocycles. The van der Waals surface area contributed by atoms with Crippen molar-refractivity contribution in [2.75, 3.05) is 22.6 Å². The quantitative estimate of drug-likeness (QED) is 0.364. The molecule has 1 saturated heterocycles. The molecule has 152 valence electrons. The van der Waals surface area contributed by atoms with Gasteiger partial charge in [0.25, 0.3) is 0 Å². The van der Waals surface area contributed by atoms with Gasteiger partial charge >= 0.3 is 0 Å². The van der Waals surface area contributed by atoms with Gasteiger partial charge < -0.3 is 15.3 Å². The molecular formula is C20H33N3S4. The van der Waals surface area contributed by atoms with Gasteiger partial charge in [0.2, 0.25) is 0 Å². The molecule has 3 N–H and O–H groups in total. The Bertz CT molecular complexity index is 723. The predicted molar refractivity (Wildman–Crippen MR) is 129 cm³/mol. The molecule has 0 aromatic carbocycles. The maximum absolute atomic E-state index is 5.47. The molecule has 0 aliphatic carbocycles. The topological polar surface area (TPSA) is 43.6 Å². The van der Waals surface area contributed by atoms with Crippen molar-refractivity contribution < 1.29 is 0 Å². The number of aryl methyl sites for hydroxylation is 1. The molecule has 2 atom stereocenters. The maximum Gasteiger partial charge on any atom is 0.175 e. The van der Waals surface area contributed by atoms with Crippen LogP contribution >= 0.6 is 48.0 Å². The minimum Gasteiger partial charge on any atom is -0.347 e. The van der Waals surface area contributed by atoms with Crippen LogP contribution in [0.4, 0.5) is 5.69 Å². The average molecular weight is 444 g/mol. The van der Waals surface area contributed by atoms with E-state index in [2.05, 4.69) is 47.0 Å². The number of rotatable bonds is 8. The van der Waals surface area contributed by atoms with Crippen LogP contribution in [0.25, 0.3) is 0 Å². The van der Waals surface area contributed by atoms with Gasteiger partial charge in [0, 0.05) is 5.69 Å². The third kappa shape index (κ3) is 7.95. The Hall–Kier alpha value is -0.240. The van der Waals surface area contributed by atoms with Crippen LogP contribution in [0.3, 0.4) is 0 Å². The first kappa shape index (κ1) is 23.0. The van der Waals surface area contributed by atoms with Crippen molar-refractivity contribution in [1.29, 1.82) is 0 Å². The second-order valence-electron chi connectivity index (χ2n) is 7.31. The van der Waals surface area contributed by atoms with Crippen LogP contribution in [-0.2, 0) is 0 Å². The van der Waals surface area contributed by atoms with Gasteiger partial charge in [-0.15, -0.1) is 11.8 Å². The number of aromatic nitrogens is 2. The fraction of sp³-hybridized carbons (Fsp3) is 0.700. The van der Waals surface area contributed by atoms with Crippen LogP contribution in [0.5, 0.6) is 0 Å². The highest BCUT2D eigenvalue weighted by Crippen LogP contribution is 2.32. The lowest BCUT2D eigenvalue weighted by atomic mass is 9.86. The Labute approximate surface area is 183 Å². The molecule has 0 amide bonds. The number of hydrogen-bond donors (Lipinski definition) is 3. The lowest BCUT2D eigenvalue weighted by Crippen LogP contribution is -2.16. The minimum absolute atomic E-state index is 0.575. The number of nitrogens with one attached hydrogen (secondary N) is 3. The lowest BCUT2D eigenvalue weighted by Gasteiger charge is -2.26. The summed E-state index contributed by atoms with van der Waals surface area (Å²) in [7, 11) is 0. The summed E-state index contributed by atoms with van der Waals surface area (Å²) >= 11 is 14.7. The molecule has 1 aliphatic rings. The van der Waals surface area contributed by atoms with Gasteiger partial charge in [0.1, 0.15) is 4.64 Å². The fourth-order valence-corrected chi connectivity index (χ4v) is 6.17. The van der Waals surface area contributed by atoms with Gasteiger partial charge in [-0.3, -0.25) is 0 Å². The molecule has 1 aliphatic heterocycles. The van der Waals surface area contributed by atoms with Crippen LogP contribution in [0.2, 0.25) is 0 Å². The molecule has 1 aromatic rings. The monoisotopic (exact) mass is 443 g/mol. The van der Waals surface area contributed by atoms with Gasteiger partial charge in [-0.05, 0) is 80.3 Å². The first-order valence-corrected chi connectivity index (χ1v) is 13.0. The summed E-state index contributed by atoms with van der Waals surface area (Å²) < 4.78 is 1.25. The summed E-state index contributed by atoms with van der Waals surface area (Å²) in [5.74, 6) is 5.54. The summed E-state index contributed by atoms with van der Waals surface area (Å²) in [4.78, 5) is 6.20. The smallest absolute Gasteiger partial charge is 0.175 e. The van der Waals surface area contributed by atoms with E-state index in [9.17, 15) is 0 Å². The van der Waals surface area contributed by atoms with Gasteiger partial charge in [-0.2, -0.15) is 11.8 Å². The molecule has 2 unspecified atom stereocenters. The van der Waals surface area contributed by atoms with Gasteiger partial charge in [0.05, 0.1) is 10.7 Å². The molecule has 0 radical (unpaired) electrons. The summed E-state index contributed by atoms with van der Waals surface area (Å²) in [6, 6.07) is 0. The second-order valence-corrected chi connectivity index (χ2v) is 10.5. The van der Waals surface area contributed by atoms with Crippen LogP contribution in [0.1, 0.15) is 58.1 Å². The number of unbranched alkanes of at least 4 members (excludes halogenated alkanes) is 1. The highest BCUT2D eigenvalue weighted by molar-refractivity contribution is 8.03. The number of H-pyrrole nitrogens is 2. The Balaban J connectivity index is 1.98. The van der Waals surface area contributed by atoms with E-state index in [4.69, 9.17) is 24.4 Å². The third-order valence-corrected chi connectivity index (χ3v) is 7.76. The minimum atomic E-state index is 0.575. The summed E-state index contributed by atoms with van der Waals surface area (Å²) in [6.45, 7) is 6.67. The van der Waals surface area contributed by atoms with Gasteiger partial charge in [-0.1, -0.05) is 38.6 Å². The first-order chi connectivity index (χ1) is 13.0. The normalized spacial score (nSPS) is 21.5. The Morgan fingerprint density at radius 3 is 2.85 bits per heavy atom. The Morgan fingerprint density at radius 1 is 1.30 bits per heavy atom. The van der Waals surface area contributed by atoms with Gasteiger partial charge in [-0.25, -0.2) is 0 Å². The van der Waals surface area contributed by atoms with Crippen molar-refractivity contribution in [3.63, 3.8) is 0 Å². The highest BCUT2D eigenvalue weighted by atomic mass is 32.2. The van der Waals surface area contributed by atoms with E-state index in [0.29, 0.717) is 9.41 Å². The SMILES string of the molecule is CCC/C=C(/Nc1c(C)[nH]c(=S)[nH]c1=S)SCCC1CCCSCCC1C. The molecule has 2 rings (SSSR count). The van der Waals surface area contributed by atoms with E-state index in [-0.39, 0.29) is 0 Å². The van der Waals surface area contributed by atoms with Crippen molar-refractivity contribution >= 4 is 53.6 Å². The molecule has 0 saturated carbocycles. The maximum atomic E-state index is 5.47. The van der Waals surface area contributed by atoms with E-state index in [1.807, 2.05) is 18.7 Å². The molecule has 0 spiro atoms. The third-order valence-electron chi connectivity index (χ3n) is 5.13. The number of aromatic amines is 2. The van der Waals surface area contributed by atoms with E-state index in [0.717, 1.165) is 41.8 Å². The fourth-order valence-electron chi connectivity index (χ4n) is 3.38. The van der Waals surface area contributed by atoms with Crippen molar-refractivity contribution in [2.24, 2.45) is 11.8 Å². The zero-order chi connectivity index (χ0) is 19.6. The zero-order valence-corrected chi connectivity index (χ0v) is 20.0. The number of allylic oxidation sites excluding steroid dienone is 1. The summed E-state index contributed by atoms with van der Waals surface area (Å²) in [6.07, 6.45) is 9.95. The second kappa shape index (κ2) is 12.3. The van der Waals surface area contributed by atoms with Crippen LogP contribution < -0.4 is 5.32 Å². The molecule has 3 nitrogen and oxygen atoms in total. The van der Waals surface area contributed by atoms with Crippen LogP contribution in [0, 0.1) is 28.2 Å². The van der Waals surface area contributed by atoms with E-state index < -0.39 is 0 Å². The van der Waals surface area contributed by atoms with Crippen molar-refractivity contribution in [2.45, 2.75) is 59.3 Å². The average Bonchev–Trinajstić information content (AvgIpc) is 2.61. The number of thioether (sulfide) groups is 2. The molecule has 1 fully saturated rings. The van der Waals surface area contributed by atoms with E-state index in [1.54, 1.807) is 0 Å². The summed E-state index contributed by atoms with van der Waals surface area (Å²) in [5, 5.41) is 4.76. The van der Waals surface area contributed by atoms with Crippen LogP contribution in [0.15, 0.2) is 11.1 Å². The first-order valence-electron chi connectivity index (χ1n) is 10.0. The molecule has 7 heteroatoms. The Morgan fingerprint density at radius 2 is 2.11 bits per heavy atom. The molecule has 0 bridgehead atoms. The number of anilines is 1.